The molecule has 8 nitrogen and oxygen atoms in total. The first-order valence-corrected chi connectivity index (χ1v) is 9.54. The second-order valence-electron chi connectivity index (χ2n) is 7.69. The molecule has 0 aromatic carbocycles. The SMILES string of the molecule is CC(C)n1ncc2cc(NC(=O)[C@@H](C)N3C(=O)[C@H]4CC=CC[C@H]4C3=O)cnc21. The maximum Gasteiger partial charge on any atom is 0.247 e. The highest BCUT2D eigenvalue weighted by molar-refractivity contribution is 6.10. The molecule has 2 aromatic heterocycles. The number of carbonyl (C=O) groups is 3. The van der Waals surface area contributed by atoms with Crippen molar-refractivity contribution >= 4 is 34.4 Å². The van der Waals surface area contributed by atoms with Gasteiger partial charge in [-0.15, -0.1) is 0 Å². The van der Waals surface area contributed by atoms with Crippen LogP contribution < -0.4 is 5.32 Å². The molecule has 0 spiro atoms. The highest BCUT2D eigenvalue weighted by Crippen LogP contribution is 2.36. The summed E-state index contributed by atoms with van der Waals surface area (Å²) in [4.78, 5) is 43.6. The first kappa shape index (κ1) is 18.3. The molecule has 1 aliphatic carbocycles. The Morgan fingerprint density at radius 3 is 2.36 bits per heavy atom. The number of carbonyl (C=O) groups excluding carboxylic acids is 3. The summed E-state index contributed by atoms with van der Waals surface area (Å²) < 4.78 is 1.81. The van der Waals surface area contributed by atoms with Crippen molar-refractivity contribution in [3.63, 3.8) is 0 Å². The number of allylic oxidation sites excluding steroid dienone is 2. The van der Waals surface area contributed by atoms with Gasteiger partial charge < -0.3 is 5.32 Å². The largest absolute Gasteiger partial charge is 0.323 e. The van der Waals surface area contributed by atoms with Crippen LogP contribution in [0.5, 0.6) is 0 Å². The van der Waals surface area contributed by atoms with Gasteiger partial charge in [-0.1, -0.05) is 12.2 Å². The molecule has 1 saturated heterocycles. The smallest absolute Gasteiger partial charge is 0.247 e. The Morgan fingerprint density at radius 2 is 1.75 bits per heavy atom. The van der Waals surface area contributed by atoms with Crippen molar-refractivity contribution in [1.82, 2.24) is 19.7 Å². The fourth-order valence-corrected chi connectivity index (χ4v) is 3.96. The molecule has 2 aromatic rings. The van der Waals surface area contributed by atoms with Crippen LogP contribution in [0.4, 0.5) is 5.69 Å². The van der Waals surface area contributed by atoms with Gasteiger partial charge in [-0.2, -0.15) is 5.10 Å². The Hall–Kier alpha value is -3.03. The van der Waals surface area contributed by atoms with Crippen LogP contribution in [0.15, 0.2) is 30.6 Å². The molecule has 3 amide bonds. The van der Waals surface area contributed by atoms with Crippen molar-refractivity contribution in [2.75, 3.05) is 5.32 Å². The Kier molecular flexibility index (Phi) is 4.49. The van der Waals surface area contributed by atoms with E-state index in [9.17, 15) is 14.4 Å². The molecule has 3 heterocycles. The van der Waals surface area contributed by atoms with Crippen molar-refractivity contribution < 1.29 is 14.4 Å². The van der Waals surface area contributed by atoms with E-state index >= 15 is 0 Å². The number of nitrogens with one attached hydrogen (secondary N) is 1. The highest BCUT2D eigenvalue weighted by Gasteiger charge is 2.50. The number of aromatic nitrogens is 3. The second kappa shape index (κ2) is 6.85. The lowest BCUT2D eigenvalue weighted by atomic mass is 9.85. The van der Waals surface area contributed by atoms with E-state index in [1.165, 1.54) is 0 Å². The Balaban J connectivity index is 1.51. The van der Waals surface area contributed by atoms with E-state index in [2.05, 4.69) is 15.4 Å². The highest BCUT2D eigenvalue weighted by atomic mass is 16.2. The molecule has 0 unspecified atom stereocenters. The summed E-state index contributed by atoms with van der Waals surface area (Å²) in [6.45, 7) is 5.62. The van der Waals surface area contributed by atoms with E-state index in [1.807, 2.05) is 26.0 Å². The zero-order valence-corrected chi connectivity index (χ0v) is 16.1. The Bertz CT molecular complexity index is 967. The number of anilines is 1. The van der Waals surface area contributed by atoms with E-state index in [1.54, 1.807) is 30.1 Å². The van der Waals surface area contributed by atoms with Crippen LogP contribution in [-0.4, -0.2) is 43.4 Å². The van der Waals surface area contributed by atoms with Gasteiger partial charge in [0.25, 0.3) is 0 Å². The number of nitrogens with zero attached hydrogens (tertiary/aromatic N) is 4. The van der Waals surface area contributed by atoms with E-state index in [0.29, 0.717) is 18.5 Å². The fraction of sp³-hybridized carbons (Fsp3) is 0.450. The quantitative estimate of drug-likeness (QED) is 0.647. The van der Waals surface area contributed by atoms with Gasteiger partial charge in [0.15, 0.2) is 5.65 Å². The second-order valence-corrected chi connectivity index (χ2v) is 7.69. The zero-order chi connectivity index (χ0) is 20.0. The van der Waals surface area contributed by atoms with Crippen molar-refractivity contribution in [2.45, 2.75) is 45.7 Å². The average Bonchev–Trinajstić information content (AvgIpc) is 3.21. The van der Waals surface area contributed by atoms with Gasteiger partial charge in [0.2, 0.25) is 17.7 Å². The molecular formula is C20H23N5O3. The van der Waals surface area contributed by atoms with Crippen molar-refractivity contribution in [3.05, 3.63) is 30.6 Å². The Morgan fingerprint density at radius 1 is 1.11 bits per heavy atom. The first-order valence-electron chi connectivity index (χ1n) is 9.54. The van der Waals surface area contributed by atoms with Gasteiger partial charge in [0, 0.05) is 11.4 Å². The number of likely N-dealkylation sites (tertiary alicyclic amines) is 1. The summed E-state index contributed by atoms with van der Waals surface area (Å²) in [6.07, 6.45) is 8.23. The van der Waals surface area contributed by atoms with Gasteiger partial charge in [-0.3, -0.25) is 19.3 Å². The zero-order valence-electron chi connectivity index (χ0n) is 16.1. The molecule has 1 N–H and O–H groups in total. The van der Waals surface area contributed by atoms with Gasteiger partial charge in [0.05, 0.1) is 29.9 Å². The molecule has 4 rings (SSSR count). The van der Waals surface area contributed by atoms with Gasteiger partial charge in [-0.05, 0) is 39.7 Å². The lowest BCUT2D eigenvalue weighted by molar-refractivity contribution is -0.146. The van der Waals surface area contributed by atoms with Crippen LogP contribution in [-0.2, 0) is 14.4 Å². The normalized spacial score (nSPS) is 22.8. The summed E-state index contributed by atoms with van der Waals surface area (Å²) in [5.74, 6) is -1.60. The molecule has 146 valence electrons. The van der Waals surface area contributed by atoms with E-state index in [0.717, 1.165) is 15.9 Å². The number of imide groups is 1. The van der Waals surface area contributed by atoms with Crippen molar-refractivity contribution in [2.24, 2.45) is 11.8 Å². The monoisotopic (exact) mass is 381 g/mol. The molecule has 1 fully saturated rings. The summed E-state index contributed by atoms with van der Waals surface area (Å²) in [5, 5.41) is 7.89. The van der Waals surface area contributed by atoms with E-state index in [-0.39, 0.29) is 29.7 Å². The third-order valence-corrected chi connectivity index (χ3v) is 5.50. The van der Waals surface area contributed by atoms with Crippen LogP contribution >= 0.6 is 0 Å². The van der Waals surface area contributed by atoms with Crippen molar-refractivity contribution in [3.8, 4) is 0 Å². The lowest BCUT2D eigenvalue weighted by Gasteiger charge is -2.22. The van der Waals surface area contributed by atoms with Gasteiger partial charge in [0.1, 0.15) is 6.04 Å². The molecule has 3 atom stereocenters. The fourth-order valence-electron chi connectivity index (χ4n) is 3.96. The van der Waals surface area contributed by atoms with Crippen LogP contribution in [0, 0.1) is 11.8 Å². The maximum atomic E-state index is 12.7. The summed E-state index contributed by atoms with van der Waals surface area (Å²) in [5.41, 5.74) is 1.24. The number of pyridine rings is 1. The molecule has 0 radical (unpaired) electrons. The topological polar surface area (TPSA) is 97.2 Å². The van der Waals surface area contributed by atoms with Crippen LogP contribution in [0.25, 0.3) is 11.0 Å². The number of rotatable bonds is 4. The lowest BCUT2D eigenvalue weighted by Crippen LogP contribution is -2.46. The van der Waals surface area contributed by atoms with Gasteiger partial charge >= 0.3 is 0 Å². The van der Waals surface area contributed by atoms with E-state index < -0.39 is 11.9 Å². The van der Waals surface area contributed by atoms with E-state index in [4.69, 9.17) is 0 Å². The number of amides is 3. The molecule has 0 saturated carbocycles. The van der Waals surface area contributed by atoms with Gasteiger partial charge in [-0.25, -0.2) is 9.67 Å². The van der Waals surface area contributed by atoms with Crippen LogP contribution in [0.2, 0.25) is 0 Å². The van der Waals surface area contributed by atoms with Crippen LogP contribution in [0.3, 0.4) is 0 Å². The van der Waals surface area contributed by atoms with Crippen molar-refractivity contribution in [1.29, 1.82) is 0 Å². The molecule has 1 aliphatic heterocycles. The summed E-state index contributed by atoms with van der Waals surface area (Å²) >= 11 is 0. The first-order chi connectivity index (χ1) is 13.4. The molecule has 28 heavy (non-hydrogen) atoms. The number of hydrogen-bond acceptors (Lipinski definition) is 5. The molecular weight excluding hydrogens is 358 g/mol. The third-order valence-electron chi connectivity index (χ3n) is 5.50. The minimum absolute atomic E-state index is 0.177. The standard InChI is InChI=1S/C20H23N5O3/c1-11(2)25-17-13(9-22-25)8-14(10-21-17)23-18(26)12(3)24-19(27)15-6-4-5-7-16(15)20(24)28/h4-5,8-12,15-16H,6-7H2,1-3H3,(H,23,26)/t12-,15-,16+/m1/s1. The predicted octanol–water partition coefficient (Wildman–Crippen LogP) is 2.29. The predicted molar refractivity (Wildman–Crippen MR) is 103 cm³/mol. The number of hydrogen-bond donors (Lipinski definition) is 1. The minimum atomic E-state index is -0.875. The third kappa shape index (κ3) is 2.89. The molecule has 8 heteroatoms. The maximum absolute atomic E-state index is 12.7. The molecule has 2 aliphatic rings. The minimum Gasteiger partial charge on any atom is -0.323 e. The summed E-state index contributed by atoms with van der Waals surface area (Å²) in [7, 11) is 0. The number of fused-ring (bicyclic) bond motifs is 2. The Labute approximate surface area is 162 Å². The van der Waals surface area contributed by atoms with Crippen LogP contribution in [0.1, 0.15) is 39.7 Å². The molecule has 0 bridgehead atoms. The summed E-state index contributed by atoms with van der Waals surface area (Å²) in [6, 6.07) is 1.09. The average molecular weight is 381 g/mol.